The van der Waals surface area contributed by atoms with Gasteiger partial charge in [-0.05, 0) is 46.1 Å². The lowest BCUT2D eigenvalue weighted by atomic mass is 9.91. The van der Waals surface area contributed by atoms with E-state index >= 15 is 0 Å². The van der Waals surface area contributed by atoms with E-state index in [-0.39, 0.29) is 12.0 Å². The Morgan fingerprint density at radius 2 is 2.18 bits per heavy atom. The van der Waals surface area contributed by atoms with E-state index in [0.717, 1.165) is 12.8 Å². The molecule has 0 saturated carbocycles. The molecule has 0 aromatic carbocycles. The second-order valence-corrected chi connectivity index (χ2v) is 5.62. The molecule has 1 aliphatic rings. The summed E-state index contributed by atoms with van der Waals surface area (Å²) in [5.74, 6) is 0.207. The van der Waals surface area contributed by atoms with Crippen LogP contribution in [0, 0.1) is 5.92 Å². The summed E-state index contributed by atoms with van der Waals surface area (Å²) < 4.78 is 5.27. The molecule has 17 heavy (non-hydrogen) atoms. The number of likely N-dealkylation sites (tertiary alicyclic amines) is 1. The van der Waals surface area contributed by atoms with Gasteiger partial charge in [0.25, 0.3) is 0 Å². The van der Waals surface area contributed by atoms with Gasteiger partial charge >= 0.3 is 6.09 Å². The Morgan fingerprint density at radius 1 is 1.53 bits per heavy atom. The van der Waals surface area contributed by atoms with Crippen molar-refractivity contribution >= 4 is 6.09 Å². The van der Waals surface area contributed by atoms with Crippen molar-refractivity contribution in [2.75, 3.05) is 19.6 Å². The standard InChI is InChI=1S/C12H24N2O3/c1-12(2,3)17-11(16)14-7-5-9(4-6-13)10(15)8-14/h9-10,15H,4-8,13H2,1-3H3. The monoisotopic (exact) mass is 244 g/mol. The number of rotatable bonds is 2. The molecule has 3 N–H and O–H groups in total. The Labute approximate surface area is 103 Å². The molecule has 1 fully saturated rings. The summed E-state index contributed by atoms with van der Waals surface area (Å²) in [5.41, 5.74) is 4.99. The lowest BCUT2D eigenvalue weighted by Gasteiger charge is -2.36. The molecule has 0 aliphatic carbocycles. The van der Waals surface area contributed by atoms with Crippen molar-refractivity contribution < 1.29 is 14.6 Å². The first kappa shape index (κ1) is 14.3. The lowest BCUT2D eigenvalue weighted by Crippen LogP contribution is -2.48. The van der Waals surface area contributed by atoms with Crippen LogP contribution in [0.25, 0.3) is 0 Å². The number of carbonyl (C=O) groups is 1. The molecule has 0 spiro atoms. The Balaban J connectivity index is 2.46. The molecule has 1 rings (SSSR count). The van der Waals surface area contributed by atoms with Crippen LogP contribution >= 0.6 is 0 Å². The first-order chi connectivity index (χ1) is 7.83. The number of aliphatic hydroxyl groups excluding tert-OH is 1. The van der Waals surface area contributed by atoms with Crippen LogP contribution in [-0.4, -0.2) is 47.4 Å². The molecule has 1 saturated heterocycles. The van der Waals surface area contributed by atoms with Crippen molar-refractivity contribution in [3.8, 4) is 0 Å². The molecule has 1 heterocycles. The van der Waals surface area contributed by atoms with Gasteiger partial charge in [-0.1, -0.05) is 0 Å². The Bertz CT molecular complexity index is 263. The van der Waals surface area contributed by atoms with Gasteiger partial charge in [0.05, 0.1) is 12.6 Å². The van der Waals surface area contributed by atoms with Crippen LogP contribution in [0.2, 0.25) is 0 Å². The molecule has 5 heteroatoms. The molecule has 100 valence electrons. The van der Waals surface area contributed by atoms with Crippen LogP contribution in [0.5, 0.6) is 0 Å². The third kappa shape index (κ3) is 4.52. The highest BCUT2D eigenvalue weighted by Gasteiger charge is 2.31. The first-order valence-electron chi connectivity index (χ1n) is 6.19. The highest BCUT2D eigenvalue weighted by molar-refractivity contribution is 5.68. The van der Waals surface area contributed by atoms with Crippen LogP contribution < -0.4 is 5.73 Å². The van der Waals surface area contributed by atoms with E-state index in [2.05, 4.69) is 0 Å². The second kappa shape index (κ2) is 5.69. The number of ether oxygens (including phenoxy) is 1. The van der Waals surface area contributed by atoms with Gasteiger partial charge in [0.2, 0.25) is 0 Å². The molecule has 2 unspecified atom stereocenters. The minimum atomic E-state index is -0.490. The first-order valence-corrected chi connectivity index (χ1v) is 6.19. The summed E-state index contributed by atoms with van der Waals surface area (Å²) in [6.45, 7) is 7.07. The van der Waals surface area contributed by atoms with Crippen molar-refractivity contribution in [1.82, 2.24) is 4.90 Å². The number of hydrogen-bond donors (Lipinski definition) is 2. The molecule has 5 nitrogen and oxygen atoms in total. The van der Waals surface area contributed by atoms with Crippen molar-refractivity contribution in [2.45, 2.75) is 45.3 Å². The lowest BCUT2D eigenvalue weighted by molar-refractivity contribution is -0.0135. The predicted molar refractivity (Wildman–Crippen MR) is 65.6 cm³/mol. The maximum Gasteiger partial charge on any atom is 0.410 e. The van der Waals surface area contributed by atoms with Gasteiger partial charge in [0.15, 0.2) is 0 Å². The van der Waals surface area contributed by atoms with Crippen LogP contribution in [0.3, 0.4) is 0 Å². The van der Waals surface area contributed by atoms with E-state index in [1.54, 1.807) is 4.90 Å². The third-order valence-electron chi connectivity index (χ3n) is 2.91. The van der Waals surface area contributed by atoms with E-state index in [4.69, 9.17) is 10.5 Å². The fourth-order valence-electron chi connectivity index (χ4n) is 2.02. The minimum absolute atomic E-state index is 0.207. The number of piperidine rings is 1. The van der Waals surface area contributed by atoms with E-state index < -0.39 is 11.7 Å². The van der Waals surface area contributed by atoms with E-state index in [1.807, 2.05) is 20.8 Å². The molecular formula is C12H24N2O3. The van der Waals surface area contributed by atoms with E-state index in [9.17, 15) is 9.90 Å². The van der Waals surface area contributed by atoms with E-state index in [1.165, 1.54) is 0 Å². The number of nitrogens with zero attached hydrogens (tertiary/aromatic N) is 1. The fraction of sp³-hybridized carbons (Fsp3) is 0.917. The zero-order valence-electron chi connectivity index (χ0n) is 11.0. The number of carbonyl (C=O) groups excluding carboxylic acids is 1. The normalized spacial score (nSPS) is 25.8. The summed E-state index contributed by atoms with van der Waals surface area (Å²) in [5, 5.41) is 9.91. The van der Waals surface area contributed by atoms with Gasteiger partial charge < -0.3 is 20.5 Å². The van der Waals surface area contributed by atoms with E-state index in [0.29, 0.717) is 19.6 Å². The summed E-state index contributed by atoms with van der Waals surface area (Å²) in [4.78, 5) is 13.4. The number of hydrogen-bond acceptors (Lipinski definition) is 4. The number of amides is 1. The minimum Gasteiger partial charge on any atom is -0.444 e. The molecular weight excluding hydrogens is 220 g/mol. The maximum absolute atomic E-state index is 11.8. The van der Waals surface area contributed by atoms with Crippen molar-refractivity contribution in [1.29, 1.82) is 0 Å². The fourth-order valence-corrected chi connectivity index (χ4v) is 2.02. The predicted octanol–water partition coefficient (Wildman–Crippen LogP) is 0.953. The van der Waals surface area contributed by atoms with Gasteiger partial charge in [0.1, 0.15) is 5.60 Å². The molecule has 0 radical (unpaired) electrons. The third-order valence-corrected chi connectivity index (χ3v) is 2.91. The smallest absolute Gasteiger partial charge is 0.410 e. The number of aliphatic hydroxyl groups is 1. The summed E-state index contributed by atoms with van der Waals surface area (Å²) >= 11 is 0. The number of β-amino-alcohol motifs (C(OH)–C–C–N with tert-alkyl or cyclic N) is 1. The van der Waals surface area contributed by atoms with Crippen LogP contribution in [0.15, 0.2) is 0 Å². The Morgan fingerprint density at radius 3 is 2.65 bits per heavy atom. The Kier molecular flexibility index (Phi) is 4.77. The quantitative estimate of drug-likeness (QED) is 0.758. The Hall–Kier alpha value is -0.810. The summed E-state index contributed by atoms with van der Waals surface area (Å²) in [7, 11) is 0. The molecule has 1 aliphatic heterocycles. The highest BCUT2D eigenvalue weighted by Crippen LogP contribution is 2.22. The maximum atomic E-state index is 11.8. The zero-order valence-corrected chi connectivity index (χ0v) is 11.0. The summed E-state index contributed by atoms with van der Waals surface area (Å²) in [6, 6.07) is 0. The van der Waals surface area contributed by atoms with Crippen molar-refractivity contribution in [3.05, 3.63) is 0 Å². The molecule has 0 aromatic heterocycles. The van der Waals surface area contributed by atoms with Gasteiger partial charge in [0, 0.05) is 6.54 Å². The molecule has 0 bridgehead atoms. The zero-order chi connectivity index (χ0) is 13.1. The van der Waals surface area contributed by atoms with Crippen molar-refractivity contribution in [2.24, 2.45) is 11.7 Å². The topological polar surface area (TPSA) is 75.8 Å². The van der Waals surface area contributed by atoms with Crippen molar-refractivity contribution in [3.63, 3.8) is 0 Å². The van der Waals surface area contributed by atoms with Crippen LogP contribution in [0.4, 0.5) is 4.79 Å². The average Bonchev–Trinajstić information content (AvgIpc) is 2.18. The number of nitrogens with two attached hydrogens (primary N) is 1. The average molecular weight is 244 g/mol. The van der Waals surface area contributed by atoms with Crippen LogP contribution in [-0.2, 0) is 4.74 Å². The van der Waals surface area contributed by atoms with Gasteiger partial charge in [-0.3, -0.25) is 0 Å². The summed E-state index contributed by atoms with van der Waals surface area (Å²) in [6.07, 6.45) is 0.767. The highest BCUT2D eigenvalue weighted by atomic mass is 16.6. The van der Waals surface area contributed by atoms with Crippen LogP contribution in [0.1, 0.15) is 33.6 Å². The largest absolute Gasteiger partial charge is 0.444 e. The second-order valence-electron chi connectivity index (χ2n) is 5.62. The molecule has 0 aromatic rings. The van der Waals surface area contributed by atoms with Gasteiger partial charge in [-0.15, -0.1) is 0 Å². The molecule has 1 amide bonds. The SMILES string of the molecule is CC(C)(C)OC(=O)N1CCC(CCN)C(O)C1. The van der Waals surface area contributed by atoms with Gasteiger partial charge in [-0.2, -0.15) is 0 Å². The molecule has 2 atom stereocenters. The van der Waals surface area contributed by atoms with Gasteiger partial charge in [-0.25, -0.2) is 4.79 Å².